The highest BCUT2D eigenvalue weighted by Crippen LogP contribution is 2.40. The molecule has 0 bridgehead atoms. The van der Waals surface area contributed by atoms with E-state index in [0.717, 1.165) is 61.2 Å². The second-order valence-corrected chi connectivity index (χ2v) is 12.6. The Morgan fingerprint density at radius 3 is 2.02 bits per heavy atom. The van der Waals surface area contributed by atoms with Gasteiger partial charge in [-0.15, -0.1) is 0 Å². The van der Waals surface area contributed by atoms with Gasteiger partial charge in [-0.05, 0) is 53.1 Å². The maximum absolute atomic E-state index is 6.50. The second-order valence-electron chi connectivity index (χ2n) is 12.6. The Morgan fingerprint density at radius 1 is 0.520 bits per heavy atom. The standard InChI is InChI=1S/C45H30N4O/c1-4-14-29(15-5-1)33-21-12-24-38-41(33)34-20-10-11-23-37(34)49(38)32-26-27-39-36(28-32)42-35(22-13-25-40(42)50-39)45-47-43(30-16-6-2-7-17-30)46-44(48-45)31-18-8-3-9-19-31/h1-28,43H,(H,46,47,48). The normalized spacial score (nSPS) is 14.6. The number of hydrogen-bond acceptors (Lipinski definition) is 4. The number of nitrogens with zero attached hydrogens (tertiary/aromatic N) is 3. The summed E-state index contributed by atoms with van der Waals surface area (Å²) in [5.41, 5.74) is 10.4. The van der Waals surface area contributed by atoms with Gasteiger partial charge in [0.25, 0.3) is 0 Å². The summed E-state index contributed by atoms with van der Waals surface area (Å²) < 4.78 is 8.87. The van der Waals surface area contributed by atoms with Crippen molar-refractivity contribution in [3.8, 4) is 16.8 Å². The molecule has 0 saturated heterocycles. The molecule has 0 spiro atoms. The van der Waals surface area contributed by atoms with Crippen molar-refractivity contribution in [3.05, 3.63) is 187 Å². The molecule has 7 aromatic carbocycles. The fourth-order valence-corrected chi connectivity index (χ4v) is 7.41. The van der Waals surface area contributed by atoms with Crippen LogP contribution < -0.4 is 5.32 Å². The number of furan rings is 1. The first-order valence-electron chi connectivity index (χ1n) is 16.9. The Hall–Kier alpha value is -6.72. The van der Waals surface area contributed by atoms with Crippen molar-refractivity contribution in [3.63, 3.8) is 0 Å². The number of hydrogen-bond donors (Lipinski definition) is 1. The maximum Gasteiger partial charge on any atom is 0.160 e. The Labute approximate surface area is 288 Å². The van der Waals surface area contributed by atoms with E-state index in [4.69, 9.17) is 14.4 Å². The van der Waals surface area contributed by atoms with Gasteiger partial charge in [-0.2, -0.15) is 0 Å². The first-order chi connectivity index (χ1) is 24.8. The monoisotopic (exact) mass is 642 g/mol. The Morgan fingerprint density at radius 2 is 1.20 bits per heavy atom. The number of nitrogens with one attached hydrogen (secondary N) is 1. The van der Waals surface area contributed by atoms with Crippen LogP contribution in [-0.4, -0.2) is 16.2 Å². The molecule has 1 N–H and O–H groups in total. The number of para-hydroxylation sites is 1. The lowest BCUT2D eigenvalue weighted by atomic mass is 9.99. The molecule has 1 aliphatic heterocycles. The molecule has 3 heterocycles. The van der Waals surface area contributed by atoms with Crippen molar-refractivity contribution in [2.45, 2.75) is 6.17 Å². The van der Waals surface area contributed by atoms with E-state index in [0.29, 0.717) is 5.84 Å². The molecule has 9 aromatic rings. The first kappa shape index (κ1) is 28.3. The van der Waals surface area contributed by atoms with Gasteiger partial charge in [0.2, 0.25) is 0 Å². The van der Waals surface area contributed by atoms with Gasteiger partial charge in [0.05, 0.1) is 11.0 Å². The molecular formula is C45H30N4O. The first-order valence-corrected chi connectivity index (χ1v) is 16.9. The van der Waals surface area contributed by atoms with E-state index >= 15 is 0 Å². The van der Waals surface area contributed by atoms with E-state index < -0.39 is 0 Å². The third-order valence-electron chi connectivity index (χ3n) is 9.67. The van der Waals surface area contributed by atoms with Gasteiger partial charge < -0.3 is 14.3 Å². The van der Waals surface area contributed by atoms with Crippen molar-refractivity contribution >= 4 is 55.4 Å². The summed E-state index contributed by atoms with van der Waals surface area (Å²) in [6, 6.07) is 59.1. The smallest absolute Gasteiger partial charge is 0.160 e. The molecule has 2 aromatic heterocycles. The van der Waals surface area contributed by atoms with Crippen LogP contribution in [0, 0.1) is 0 Å². The van der Waals surface area contributed by atoms with Gasteiger partial charge in [0.1, 0.15) is 23.2 Å². The average Bonchev–Trinajstić information content (AvgIpc) is 3.74. The predicted molar refractivity (Wildman–Crippen MR) is 205 cm³/mol. The predicted octanol–water partition coefficient (Wildman–Crippen LogP) is 10.8. The summed E-state index contributed by atoms with van der Waals surface area (Å²) in [7, 11) is 0. The summed E-state index contributed by atoms with van der Waals surface area (Å²) in [5.74, 6) is 1.45. The van der Waals surface area contributed by atoms with E-state index in [1.165, 1.54) is 21.9 Å². The fourth-order valence-electron chi connectivity index (χ4n) is 7.41. The van der Waals surface area contributed by atoms with Crippen molar-refractivity contribution in [2.75, 3.05) is 0 Å². The molecule has 236 valence electrons. The van der Waals surface area contributed by atoms with Crippen LogP contribution in [0.15, 0.2) is 184 Å². The number of aliphatic imine (C=N–C) groups is 2. The number of amidine groups is 2. The highest BCUT2D eigenvalue weighted by atomic mass is 16.3. The van der Waals surface area contributed by atoms with E-state index in [-0.39, 0.29) is 6.17 Å². The lowest BCUT2D eigenvalue weighted by Crippen LogP contribution is -2.33. The minimum absolute atomic E-state index is 0.292. The maximum atomic E-state index is 6.50. The van der Waals surface area contributed by atoms with Crippen LogP contribution in [0.1, 0.15) is 22.9 Å². The van der Waals surface area contributed by atoms with Gasteiger partial charge in [0, 0.05) is 38.4 Å². The molecule has 0 aliphatic carbocycles. The molecule has 1 atom stereocenters. The third kappa shape index (κ3) is 4.55. The average molecular weight is 643 g/mol. The summed E-state index contributed by atoms with van der Waals surface area (Å²) >= 11 is 0. The molecule has 10 rings (SSSR count). The zero-order valence-electron chi connectivity index (χ0n) is 27.0. The van der Waals surface area contributed by atoms with Gasteiger partial charge in [-0.3, -0.25) is 0 Å². The zero-order valence-corrected chi connectivity index (χ0v) is 27.0. The molecule has 50 heavy (non-hydrogen) atoms. The molecule has 5 heteroatoms. The lowest BCUT2D eigenvalue weighted by Gasteiger charge is -2.23. The number of aromatic nitrogens is 1. The van der Waals surface area contributed by atoms with Crippen molar-refractivity contribution in [1.29, 1.82) is 0 Å². The van der Waals surface area contributed by atoms with Gasteiger partial charge in [0.15, 0.2) is 5.84 Å². The zero-order chi connectivity index (χ0) is 33.0. The van der Waals surface area contributed by atoms with Crippen molar-refractivity contribution in [1.82, 2.24) is 9.88 Å². The van der Waals surface area contributed by atoms with Crippen LogP contribution in [0.5, 0.6) is 0 Å². The third-order valence-corrected chi connectivity index (χ3v) is 9.67. The molecule has 5 nitrogen and oxygen atoms in total. The summed E-state index contributed by atoms with van der Waals surface area (Å²) in [4.78, 5) is 10.3. The Bertz CT molecular complexity index is 2780. The van der Waals surface area contributed by atoms with E-state index in [1.807, 2.05) is 48.5 Å². The molecule has 0 amide bonds. The van der Waals surface area contributed by atoms with Crippen LogP contribution in [-0.2, 0) is 0 Å². The highest BCUT2D eigenvalue weighted by Gasteiger charge is 2.24. The quantitative estimate of drug-likeness (QED) is 0.203. The molecule has 0 fully saturated rings. The SMILES string of the molecule is c1ccc(C2=NC(c3cccc4oc5ccc(-n6c7ccccc7c7c(-c8ccccc8)cccc76)cc5c34)=NC(c3ccccc3)N2)cc1. The Kier molecular flexibility index (Phi) is 6.49. The lowest BCUT2D eigenvalue weighted by molar-refractivity contribution is 0.668. The summed E-state index contributed by atoms with van der Waals surface area (Å²) in [5, 5.41) is 8.06. The van der Waals surface area contributed by atoms with Crippen molar-refractivity contribution in [2.24, 2.45) is 9.98 Å². The molecule has 0 radical (unpaired) electrons. The number of benzene rings is 7. The minimum atomic E-state index is -0.292. The van der Waals surface area contributed by atoms with Crippen LogP contribution in [0.4, 0.5) is 0 Å². The van der Waals surface area contributed by atoms with Gasteiger partial charge in [-0.25, -0.2) is 9.98 Å². The van der Waals surface area contributed by atoms with Gasteiger partial charge in [-0.1, -0.05) is 133 Å². The number of fused-ring (bicyclic) bond motifs is 6. The molecule has 0 saturated carbocycles. The molecular weight excluding hydrogens is 613 g/mol. The topological polar surface area (TPSA) is 54.8 Å². The minimum Gasteiger partial charge on any atom is -0.456 e. The summed E-state index contributed by atoms with van der Waals surface area (Å²) in [6.07, 6.45) is -0.292. The van der Waals surface area contributed by atoms with Crippen LogP contribution in [0.2, 0.25) is 0 Å². The Balaban J connectivity index is 1.20. The molecule has 1 unspecified atom stereocenters. The van der Waals surface area contributed by atoms with E-state index in [2.05, 4.69) is 131 Å². The summed E-state index contributed by atoms with van der Waals surface area (Å²) in [6.45, 7) is 0. The van der Waals surface area contributed by atoms with Crippen LogP contribution >= 0.6 is 0 Å². The molecule has 1 aliphatic rings. The largest absolute Gasteiger partial charge is 0.456 e. The van der Waals surface area contributed by atoms with Crippen molar-refractivity contribution < 1.29 is 4.42 Å². The van der Waals surface area contributed by atoms with E-state index in [9.17, 15) is 0 Å². The van der Waals surface area contributed by atoms with Crippen LogP contribution in [0.25, 0.3) is 60.6 Å². The fraction of sp³-hybridized carbons (Fsp3) is 0.0222. The highest BCUT2D eigenvalue weighted by molar-refractivity contribution is 6.22. The van der Waals surface area contributed by atoms with Crippen LogP contribution in [0.3, 0.4) is 0 Å². The second kappa shape index (κ2) is 11.5. The van der Waals surface area contributed by atoms with E-state index in [1.54, 1.807) is 0 Å². The van der Waals surface area contributed by atoms with Gasteiger partial charge >= 0.3 is 0 Å². The number of rotatable bonds is 5.